The zero-order chi connectivity index (χ0) is 21.2. The first-order valence-electron chi connectivity index (χ1n) is 9.73. The van der Waals surface area contributed by atoms with Gasteiger partial charge in [-0.2, -0.15) is 0 Å². The van der Waals surface area contributed by atoms with E-state index < -0.39 is 0 Å². The predicted octanol–water partition coefficient (Wildman–Crippen LogP) is 7.21. The third-order valence-electron chi connectivity index (χ3n) is 5.00. The summed E-state index contributed by atoms with van der Waals surface area (Å²) in [6.07, 6.45) is 1.89. The van der Waals surface area contributed by atoms with E-state index in [1.165, 1.54) is 0 Å². The van der Waals surface area contributed by atoms with Crippen LogP contribution in [0.25, 0.3) is 11.1 Å². The zero-order valence-electron chi connectivity index (χ0n) is 16.3. The highest BCUT2D eigenvalue weighted by Gasteiger charge is 2.17. The SMILES string of the molecule is O=C(NCc1cccs1)c1ccc2c(c1)N=Cc1c(cccc1-c1ccc(Cl)cc1)S2. The van der Waals surface area contributed by atoms with Crippen molar-refractivity contribution in [3.63, 3.8) is 0 Å². The Bertz CT molecular complexity index is 1280. The van der Waals surface area contributed by atoms with Gasteiger partial charge in [-0.15, -0.1) is 11.3 Å². The van der Waals surface area contributed by atoms with Gasteiger partial charge in [-0.05, 0) is 59.0 Å². The van der Waals surface area contributed by atoms with Gasteiger partial charge in [-0.3, -0.25) is 9.79 Å². The molecule has 0 spiro atoms. The molecule has 0 unspecified atom stereocenters. The van der Waals surface area contributed by atoms with E-state index in [2.05, 4.69) is 23.5 Å². The van der Waals surface area contributed by atoms with Crippen molar-refractivity contribution in [2.45, 2.75) is 16.3 Å². The second kappa shape index (κ2) is 8.71. The van der Waals surface area contributed by atoms with Gasteiger partial charge in [0.15, 0.2) is 0 Å². The summed E-state index contributed by atoms with van der Waals surface area (Å²) in [6, 6.07) is 23.8. The van der Waals surface area contributed by atoms with Crippen molar-refractivity contribution in [1.29, 1.82) is 0 Å². The molecule has 1 aromatic heterocycles. The van der Waals surface area contributed by atoms with Crippen LogP contribution in [0.2, 0.25) is 5.02 Å². The standard InChI is InChI=1S/C25H17ClN2OS2/c26-18-9-6-16(7-10-18)20-4-1-5-23-21(20)15-27-22-13-17(8-11-24(22)31-23)25(29)28-14-19-3-2-12-30-19/h1-13,15H,14H2,(H,28,29). The van der Waals surface area contributed by atoms with E-state index in [0.717, 1.165) is 37.0 Å². The maximum atomic E-state index is 12.6. The third-order valence-corrected chi connectivity index (χ3v) is 7.27. The van der Waals surface area contributed by atoms with Crippen LogP contribution in [0.1, 0.15) is 20.8 Å². The smallest absolute Gasteiger partial charge is 0.251 e. The summed E-state index contributed by atoms with van der Waals surface area (Å²) in [7, 11) is 0. The Hall–Kier alpha value is -2.86. The number of rotatable bonds is 4. The van der Waals surface area contributed by atoms with Crippen LogP contribution in [0.4, 0.5) is 5.69 Å². The monoisotopic (exact) mass is 460 g/mol. The Kier molecular flexibility index (Phi) is 5.64. The summed E-state index contributed by atoms with van der Waals surface area (Å²) in [6.45, 7) is 0.529. The first kappa shape index (κ1) is 20.1. The summed E-state index contributed by atoms with van der Waals surface area (Å²) < 4.78 is 0. The number of carbonyl (C=O) groups is 1. The molecule has 0 radical (unpaired) electrons. The van der Waals surface area contributed by atoms with Crippen LogP contribution in [-0.4, -0.2) is 12.1 Å². The molecule has 3 nitrogen and oxygen atoms in total. The minimum absolute atomic E-state index is 0.0972. The van der Waals surface area contributed by atoms with Crippen LogP contribution in [0.3, 0.4) is 0 Å². The summed E-state index contributed by atoms with van der Waals surface area (Å²) in [4.78, 5) is 20.6. The number of nitrogens with zero attached hydrogens (tertiary/aromatic N) is 1. The fourth-order valence-electron chi connectivity index (χ4n) is 3.43. The second-order valence-electron chi connectivity index (χ2n) is 7.03. The Morgan fingerprint density at radius 1 is 0.968 bits per heavy atom. The number of hydrogen-bond acceptors (Lipinski definition) is 4. The average molecular weight is 461 g/mol. The molecule has 2 heterocycles. The van der Waals surface area contributed by atoms with Gasteiger partial charge >= 0.3 is 0 Å². The number of carbonyl (C=O) groups excluding carboxylic acids is 1. The van der Waals surface area contributed by atoms with Crippen molar-refractivity contribution >= 4 is 52.5 Å². The summed E-state index contributed by atoms with van der Waals surface area (Å²) >= 11 is 9.35. The lowest BCUT2D eigenvalue weighted by Crippen LogP contribution is -2.22. The number of hydrogen-bond donors (Lipinski definition) is 1. The zero-order valence-corrected chi connectivity index (χ0v) is 18.7. The van der Waals surface area contributed by atoms with Crippen molar-refractivity contribution in [2.24, 2.45) is 4.99 Å². The molecule has 5 rings (SSSR count). The first-order valence-corrected chi connectivity index (χ1v) is 11.8. The maximum absolute atomic E-state index is 12.6. The predicted molar refractivity (Wildman–Crippen MR) is 130 cm³/mol. The largest absolute Gasteiger partial charge is 0.347 e. The van der Waals surface area contributed by atoms with E-state index in [4.69, 9.17) is 16.6 Å². The van der Waals surface area contributed by atoms with E-state index in [1.54, 1.807) is 23.1 Å². The number of thiophene rings is 1. The van der Waals surface area contributed by atoms with E-state index in [0.29, 0.717) is 17.1 Å². The summed E-state index contributed by atoms with van der Waals surface area (Å²) in [5.74, 6) is -0.0972. The number of benzene rings is 3. The van der Waals surface area contributed by atoms with Crippen LogP contribution in [0.5, 0.6) is 0 Å². The minimum Gasteiger partial charge on any atom is -0.347 e. The Morgan fingerprint density at radius 2 is 1.84 bits per heavy atom. The van der Waals surface area contributed by atoms with E-state index in [1.807, 2.05) is 66.2 Å². The fraction of sp³-hybridized carbons (Fsp3) is 0.0400. The molecule has 3 aromatic carbocycles. The lowest BCUT2D eigenvalue weighted by molar-refractivity contribution is 0.0951. The van der Waals surface area contributed by atoms with Crippen LogP contribution >= 0.6 is 34.7 Å². The Morgan fingerprint density at radius 3 is 2.65 bits per heavy atom. The average Bonchev–Trinajstić information content (AvgIpc) is 3.24. The number of halogens is 1. The van der Waals surface area contributed by atoms with Crippen LogP contribution in [-0.2, 0) is 6.54 Å². The number of amides is 1. The molecule has 31 heavy (non-hydrogen) atoms. The molecule has 0 saturated heterocycles. The molecule has 1 aliphatic heterocycles. The van der Waals surface area contributed by atoms with Gasteiger partial charge in [0, 0.05) is 37.0 Å². The molecule has 1 N–H and O–H groups in total. The van der Waals surface area contributed by atoms with E-state index in [9.17, 15) is 4.79 Å². The van der Waals surface area contributed by atoms with Gasteiger partial charge in [-0.1, -0.05) is 53.7 Å². The lowest BCUT2D eigenvalue weighted by Gasteiger charge is -2.10. The van der Waals surface area contributed by atoms with Crippen molar-refractivity contribution in [2.75, 3.05) is 0 Å². The van der Waals surface area contributed by atoms with Crippen molar-refractivity contribution in [1.82, 2.24) is 5.32 Å². The first-order chi connectivity index (χ1) is 15.2. The molecule has 0 aliphatic carbocycles. The molecule has 1 amide bonds. The maximum Gasteiger partial charge on any atom is 0.251 e. The normalized spacial score (nSPS) is 12.0. The molecule has 6 heteroatoms. The fourth-order valence-corrected chi connectivity index (χ4v) is 5.21. The van der Waals surface area contributed by atoms with E-state index >= 15 is 0 Å². The second-order valence-corrected chi connectivity index (χ2v) is 9.58. The molecule has 0 fully saturated rings. The molecular formula is C25H17ClN2OS2. The molecule has 152 valence electrons. The lowest BCUT2D eigenvalue weighted by atomic mass is 10.0. The number of aliphatic imine (C=N–C) groups is 1. The highest BCUT2D eigenvalue weighted by atomic mass is 35.5. The molecule has 1 aliphatic rings. The van der Waals surface area contributed by atoms with Crippen molar-refractivity contribution in [3.05, 3.63) is 99.2 Å². The van der Waals surface area contributed by atoms with Crippen LogP contribution in [0, 0.1) is 0 Å². The van der Waals surface area contributed by atoms with Gasteiger partial charge in [0.2, 0.25) is 0 Å². The van der Waals surface area contributed by atoms with Gasteiger partial charge in [-0.25, -0.2) is 0 Å². The minimum atomic E-state index is -0.0972. The highest BCUT2D eigenvalue weighted by Crippen LogP contribution is 2.42. The number of nitrogens with one attached hydrogen (secondary N) is 1. The molecule has 4 aromatic rings. The molecule has 0 atom stereocenters. The third kappa shape index (κ3) is 4.30. The topological polar surface area (TPSA) is 41.5 Å². The molecule has 0 bridgehead atoms. The van der Waals surface area contributed by atoms with Crippen molar-refractivity contribution in [3.8, 4) is 11.1 Å². The van der Waals surface area contributed by atoms with Crippen LogP contribution in [0.15, 0.2) is 93.0 Å². The number of fused-ring (bicyclic) bond motifs is 2. The van der Waals surface area contributed by atoms with E-state index in [-0.39, 0.29) is 5.91 Å². The van der Waals surface area contributed by atoms with Crippen LogP contribution < -0.4 is 5.32 Å². The Labute approximate surface area is 193 Å². The summed E-state index contributed by atoms with van der Waals surface area (Å²) in [5.41, 5.74) is 4.67. The highest BCUT2D eigenvalue weighted by molar-refractivity contribution is 7.99. The Balaban J connectivity index is 1.44. The van der Waals surface area contributed by atoms with Gasteiger partial charge in [0.1, 0.15) is 0 Å². The molecule has 0 saturated carbocycles. The van der Waals surface area contributed by atoms with Gasteiger partial charge in [0.05, 0.1) is 12.2 Å². The van der Waals surface area contributed by atoms with Gasteiger partial charge in [0.25, 0.3) is 5.91 Å². The summed E-state index contributed by atoms with van der Waals surface area (Å²) in [5, 5.41) is 5.70. The van der Waals surface area contributed by atoms with Gasteiger partial charge < -0.3 is 5.32 Å². The quantitative estimate of drug-likeness (QED) is 0.307. The van der Waals surface area contributed by atoms with Crippen molar-refractivity contribution < 1.29 is 4.79 Å². The molecular weight excluding hydrogens is 444 g/mol.